The average molecular weight is 360 g/mol. The highest BCUT2D eigenvalue weighted by molar-refractivity contribution is 9.10. The fraction of sp³-hybridized carbons (Fsp3) is 0. The summed E-state index contributed by atoms with van der Waals surface area (Å²) >= 11 is 6.51. The number of anilines is 3. The normalized spacial score (nSPS) is 10.3. The number of nitrogen functional groups attached to an aromatic ring is 1. The van der Waals surface area contributed by atoms with Crippen LogP contribution < -0.4 is 11.1 Å². The Morgan fingerprint density at radius 3 is 2.59 bits per heavy atom. The van der Waals surface area contributed by atoms with Gasteiger partial charge in [0.1, 0.15) is 5.82 Å². The second-order valence-corrected chi connectivity index (χ2v) is 5.26. The molecule has 0 aliphatic carbocycles. The van der Waals surface area contributed by atoms with E-state index in [1.807, 2.05) is 24.3 Å². The van der Waals surface area contributed by atoms with Gasteiger partial charge < -0.3 is 11.1 Å². The van der Waals surface area contributed by atoms with Crippen molar-refractivity contribution in [2.75, 3.05) is 11.1 Å². The summed E-state index contributed by atoms with van der Waals surface area (Å²) < 4.78 is 14.5. The van der Waals surface area contributed by atoms with Crippen LogP contribution in [-0.4, -0.2) is 0 Å². The molecule has 5 heteroatoms. The molecular weight excluding hydrogens is 351 g/mol. The van der Waals surface area contributed by atoms with Gasteiger partial charge in [-0.05, 0) is 40.2 Å². The maximum Gasteiger partial charge on any atom is 0.139 e. The minimum absolute atomic E-state index is 0.366. The predicted octanol–water partition coefficient (Wildman–Crippen LogP) is 4.68. The number of halogens is 3. The van der Waals surface area contributed by atoms with Crippen LogP contribution in [-0.2, 0) is 0 Å². The molecule has 0 atom stereocenters. The van der Waals surface area contributed by atoms with Gasteiger partial charge in [-0.2, -0.15) is 0 Å². The Balaban J connectivity index is 2.33. The van der Waals surface area contributed by atoms with Crippen LogP contribution in [0.2, 0.25) is 0 Å². The maximum atomic E-state index is 13.2. The van der Waals surface area contributed by atoms with Gasteiger partial charge >= 0.3 is 0 Å². The molecule has 2 nitrogen and oxygen atoms in total. The SMILES string of the molecule is Nc1cc(F)c(Br)cc1Nc1cccc(Br)c1. The zero-order valence-electron chi connectivity index (χ0n) is 8.68. The molecule has 0 bridgehead atoms. The van der Waals surface area contributed by atoms with Gasteiger partial charge in [0.25, 0.3) is 0 Å². The minimum Gasteiger partial charge on any atom is -0.397 e. The number of benzene rings is 2. The number of nitrogens with one attached hydrogen (secondary N) is 1. The van der Waals surface area contributed by atoms with E-state index in [9.17, 15) is 4.39 Å². The highest BCUT2D eigenvalue weighted by atomic mass is 79.9. The molecule has 2 aromatic carbocycles. The standard InChI is InChI=1S/C12H9Br2FN2/c13-7-2-1-3-8(4-7)17-12-5-9(14)10(15)6-11(12)16/h1-6,17H,16H2. The number of hydrogen-bond acceptors (Lipinski definition) is 2. The van der Waals surface area contributed by atoms with Gasteiger partial charge in [0.15, 0.2) is 0 Å². The lowest BCUT2D eigenvalue weighted by Gasteiger charge is -2.10. The molecule has 17 heavy (non-hydrogen) atoms. The van der Waals surface area contributed by atoms with Gasteiger partial charge in [-0.3, -0.25) is 0 Å². The fourth-order valence-corrected chi connectivity index (χ4v) is 2.13. The van der Waals surface area contributed by atoms with Gasteiger partial charge in [0.2, 0.25) is 0 Å². The lowest BCUT2D eigenvalue weighted by Crippen LogP contribution is -1.97. The Bertz CT molecular complexity index is 558. The monoisotopic (exact) mass is 358 g/mol. The van der Waals surface area contributed by atoms with E-state index >= 15 is 0 Å². The molecule has 0 amide bonds. The van der Waals surface area contributed by atoms with Crippen molar-refractivity contribution in [1.82, 2.24) is 0 Å². The van der Waals surface area contributed by atoms with E-state index < -0.39 is 0 Å². The minimum atomic E-state index is -0.373. The zero-order valence-corrected chi connectivity index (χ0v) is 11.8. The van der Waals surface area contributed by atoms with Crippen LogP contribution in [0, 0.1) is 5.82 Å². The highest BCUT2D eigenvalue weighted by Gasteiger charge is 2.06. The quantitative estimate of drug-likeness (QED) is 0.764. The molecule has 0 saturated carbocycles. The molecular formula is C12H9Br2FN2. The summed E-state index contributed by atoms with van der Waals surface area (Å²) in [4.78, 5) is 0. The first-order chi connectivity index (χ1) is 8.06. The maximum absolute atomic E-state index is 13.2. The number of hydrogen-bond donors (Lipinski definition) is 2. The summed E-state index contributed by atoms with van der Waals surface area (Å²) in [7, 11) is 0. The molecule has 0 unspecified atom stereocenters. The first kappa shape index (κ1) is 12.4. The van der Waals surface area contributed by atoms with E-state index in [4.69, 9.17) is 5.73 Å². The predicted molar refractivity (Wildman–Crippen MR) is 75.9 cm³/mol. The van der Waals surface area contributed by atoms with Gasteiger partial charge in [-0.25, -0.2) is 4.39 Å². The van der Waals surface area contributed by atoms with Crippen molar-refractivity contribution in [2.45, 2.75) is 0 Å². The first-order valence-electron chi connectivity index (χ1n) is 4.83. The summed E-state index contributed by atoms with van der Waals surface area (Å²) in [5.74, 6) is -0.373. The summed E-state index contributed by atoms with van der Waals surface area (Å²) in [5.41, 5.74) is 7.65. The second kappa shape index (κ2) is 5.06. The molecule has 0 aromatic heterocycles. The van der Waals surface area contributed by atoms with Gasteiger partial charge in [-0.15, -0.1) is 0 Å². The Labute approximate surface area is 115 Å². The molecule has 0 heterocycles. The first-order valence-corrected chi connectivity index (χ1v) is 6.42. The summed E-state index contributed by atoms with van der Waals surface area (Å²) in [6, 6.07) is 10.5. The molecule has 88 valence electrons. The van der Waals surface area contributed by atoms with Crippen LogP contribution in [0.5, 0.6) is 0 Å². The lowest BCUT2D eigenvalue weighted by atomic mass is 10.2. The molecule has 2 rings (SSSR count). The van der Waals surface area contributed by atoms with E-state index in [1.165, 1.54) is 6.07 Å². The Kier molecular flexibility index (Phi) is 3.69. The third-order valence-corrected chi connectivity index (χ3v) is 3.30. The Hall–Kier alpha value is -1.07. The molecule has 2 aromatic rings. The van der Waals surface area contributed by atoms with Crippen LogP contribution in [0.25, 0.3) is 0 Å². The second-order valence-electron chi connectivity index (χ2n) is 3.49. The van der Waals surface area contributed by atoms with Crippen molar-refractivity contribution in [3.05, 3.63) is 51.2 Å². The zero-order chi connectivity index (χ0) is 12.4. The third-order valence-electron chi connectivity index (χ3n) is 2.20. The van der Waals surface area contributed by atoms with Crippen molar-refractivity contribution < 1.29 is 4.39 Å². The highest BCUT2D eigenvalue weighted by Crippen LogP contribution is 2.29. The van der Waals surface area contributed by atoms with Crippen molar-refractivity contribution in [1.29, 1.82) is 0 Å². The summed E-state index contributed by atoms with van der Waals surface area (Å²) in [5, 5.41) is 3.13. The van der Waals surface area contributed by atoms with E-state index in [2.05, 4.69) is 37.2 Å². The largest absolute Gasteiger partial charge is 0.397 e. The van der Waals surface area contributed by atoms with Crippen molar-refractivity contribution in [3.63, 3.8) is 0 Å². The molecule has 0 spiro atoms. The van der Waals surface area contributed by atoms with Gasteiger partial charge in [0.05, 0.1) is 15.8 Å². The topological polar surface area (TPSA) is 38.0 Å². The average Bonchev–Trinajstić information content (AvgIpc) is 2.26. The van der Waals surface area contributed by atoms with Crippen LogP contribution in [0.15, 0.2) is 45.3 Å². The van der Waals surface area contributed by atoms with Crippen LogP contribution >= 0.6 is 31.9 Å². The van der Waals surface area contributed by atoms with Crippen LogP contribution in [0.1, 0.15) is 0 Å². The van der Waals surface area contributed by atoms with Crippen molar-refractivity contribution in [3.8, 4) is 0 Å². The van der Waals surface area contributed by atoms with Gasteiger partial charge in [0, 0.05) is 16.2 Å². The van der Waals surface area contributed by atoms with Gasteiger partial charge in [-0.1, -0.05) is 22.0 Å². The van der Waals surface area contributed by atoms with Crippen LogP contribution in [0.3, 0.4) is 0 Å². The molecule has 0 aliphatic rings. The molecule has 0 saturated heterocycles. The molecule has 0 aliphatic heterocycles. The molecule has 0 fully saturated rings. The van der Waals surface area contributed by atoms with Crippen LogP contribution in [0.4, 0.5) is 21.5 Å². The van der Waals surface area contributed by atoms with E-state index in [0.29, 0.717) is 15.8 Å². The van der Waals surface area contributed by atoms with E-state index in [0.717, 1.165) is 10.2 Å². The number of nitrogens with two attached hydrogens (primary N) is 1. The Morgan fingerprint density at radius 2 is 1.88 bits per heavy atom. The summed E-state index contributed by atoms with van der Waals surface area (Å²) in [6.45, 7) is 0. The summed E-state index contributed by atoms with van der Waals surface area (Å²) in [6.07, 6.45) is 0. The van der Waals surface area contributed by atoms with Crippen molar-refractivity contribution >= 4 is 48.9 Å². The van der Waals surface area contributed by atoms with Crippen molar-refractivity contribution in [2.24, 2.45) is 0 Å². The van der Waals surface area contributed by atoms with E-state index in [1.54, 1.807) is 6.07 Å². The lowest BCUT2D eigenvalue weighted by molar-refractivity contribution is 0.622. The number of rotatable bonds is 2. The Morgan fingerprint density at radius 1 is 1.12 bits per heavy atom. The molecule has 0 radical (unpaired) electrons. The molecule has 3 N–H and O–H groups in total. The third kappa shape index (κ3) is 2.98. The van der Waals surface area contributed by atoms with E-state index in [-0.39, 0.29) is 5.82 Å². The fourth-order valence-electron chi connectivity index (χ4n) is 1.39. The smallest absolute Gasteiger partial charge is 0.139 e.